The zero-order chi connectivity index (χ0) is 52.9. The van der Waals surface area contributed by atoms with E-state index in [4.69, 9.17) is 14.2 Å². The van der Waals surface area contributed by atoms with E-state index in [1.54, 1.807) is 0 Å². The summed E-state index contributed by atoms with van der Waals surface area (Å²) in [6, 6.07) is 0. The normalized spacial score (nSPS) is 12.9. The van der Waals surface area contributed by atoms with Gasteiger partial charge in [-0.1, -0.05) is 259 Å². The van der Waals surface area contributed by atoms with E-state index in [1.165, 1.54) is 103 Å². The third-order valence-electron chi connectivity index (χ3n) is 12.8. The Kier molecular flexibility index (Phi) is 57.4. The van der Waals surface area contributed by atoms with E-state index in [0.29, 0.717) is 19.3 Å². The molecule has 416 valence electrons. The molecule has 0 aromatic heterocycles. The molecular weight excluding hydrogens is 901 g/mol. The third-order valence-corrected chi connectivity index (χ3v) is 12.8. The third kappa shape index (κ3) is 58.8. The van der Waals surface area contributed by atoms with Crippen LogP contribution in [0.3, 0.4) is 0 Å². The highest BCUT2D eigenvalue weighted by atomic mass is 16.6. The first-order valence-electron chi connectivity index (χ1n) is 30.4. The molecule has 0 aromatic carbocycles. The molecular formula is C67H112O6. The minimum atomic E-state index is -0.790. The molecule has 6 heteroatoms. The first-order valence-corrected chi connectivity index (χ1v) is 30.4. The SMILES string of the molecule is CC/C=C\C/C=C\C/C=C\C/C=C\C/C=C\C/C=C\C/C=C\CCCCCCCCCC(=O)OCC(COC(=O)CCCCCCCCCCCC)OC(=O)CCCCCCC/C=C\C/C=C\CCCCCC. The highest BCUT2D eigenvalue weighted by molar-refractivity contribution is 5.71. The van der Waals surface area contributed by atoms with Crippen LogP contribution in [0.1, 0.15) is 278 Å². The maximum absolute atomic E-state index is 12.8. The highest BCUT2D eigenvalue weighted by Gasteiger charge is 2.19. The maximum atomic E-state index is 12.8. The fraction of sp³-hybridized carbons (Fsp3) is 0.687. The molecule has 0 saturated heterocycles. The molecule has 0 aromatic rings. The summed E-state index contributed by atoms with van der Waals surface area (Å²) in [7, 11) is 0. The van der Waals surface area contributed by atoms with Gasteiger partial charge in [0.2, 0.25) is 0 Å². The second-order valence-corrected chi connectivity index (χ2v) is 19.9. The summed E-state index contributed by atoms with van der Waals surface area (Å²) in [5.74, 6) is -0.910. The molecule has 1 unspecified atom stereocenters. The van der Waals surface area contributed by atoms with Gasteiger partial charge in [-0.05, 0) is 109 Å². The fourth-order valence-corrected chi connectivity index (χ4v) is 8.22. The first-order chi connectivity index (χ1) is 36.0. The van der Waals surface area contributed by atoms with E-state index < -0.39 is 6.10 Å². The minimum Gasteiger partial charge on any atom is -0.462 e. The van der Waals surface area contributed by atoms with Crippen LogP contribution in [-0.2, 0) is 28.6 Å². The van der Waals surface area contributed by atoms with Crippen molar-refractivity contribution in [3.05, 3.63) is 109 Å². The lowest BCUT2D eigenvalue weighted by atomic mass is 10.1. The Morgan fingerprint density at radius 3 is 0.849 bits per heavy atom. The Morgan fingerprint density at radius 1 is 0.288 bits per heavy atom. The molecule has 0 N–H and O–H groups in total. The van der Waals surface area contributed by atoms with Gasteiger partial charge >= 0.3 is 17.9 Å². The monoisotopic (exact) mass is 1010 g/mol. The lowest BCUT2D eigenvalue weighted by molar-refractivity contribution is -0.167. The van der Waals surface area contributed by atoms with Gasteiger partial charge in [0.15, 0.2) is 6.10 Å². The van der Waals surface area contributed by atoms with Crippen molar-refractivity contribution in [1.29, 1.82) is 0 Å². The summed E-state index contributed by atoms with van der Waals surface area (Å²) >= 11 is 0. The number of hydrogen-bond acceptors (Lipinski definition) is 6. The van der Waals surface area contributed by atoms with Gasteiger partial charge in [-0.15, -0.1) is 0 Å². The van der Waals surface area contributed by atoms with E-state index in [2.05, 4.69) is 130 Å². The van der Waals surface area contributed by atoms with E-state index >= 15 is 0 Å². The van der Waals surface area contributed by atoms with Crippen molar-refractivity contribution in [2.75, 3.05) is 13.2 Å². The van der Waals surface area contributed by atoms with Crippen molar-refractivity contribution in [2.24, 2.45) is 0 Å². The van der Waals surface area contributed by atoms with Crippen molar-refractivity contribution in [3.8, 4) is 0 Å². The number of hydrogen-bond donors (Lipinski definition) is 0. The van der Waals surface area contributed by atoms with Gasteiger partial charge in [0.1, 0.15) is 13.2 Å². The van der Waals surface area contributed by atoms with Crippen LogP contribution in [0.2, 0.25) is 0 Å². The lowest BCUT2D eigenvalue weighted by Gasteiger charge is -2.18. The van der Waals surface area contributed by atoms with Crippen LogP contribution in [0.25, 0.3) is 0 Å². The van der Waals surface area contributed by atoms with E-state index in [9.17, 15) is 14.4 Å². The van der Waals surface area contributed by atoms with Gasteiger partial charge in [0.25, 0.3) is 0 Å². The fourth-order valence-electron chi connectivity index (χ4n) is 8.22. The standard InChI is InChI=1S/C67H112O6/c1-4-7-10-13-16-19-22-24-26-28-29-30-31-32-33-34-35-36-37-38-39-40-42-43-45-48-51-54-57-60-66(69)72-63-64(62-71-65(68)59-56-53-50-47-21-18-15-12-9-6-3)73-67(70)61-58-55-52-49-46-44-41-27-25-23-20-17-14-11-8-5-2/h7,10,16,19-20,23-24,26-27,29-30,32-33,35-36,38-39,41,64H,4-6,8-9,11-15,17-18,21-22,25,28,31,34,37,40,42-63H2,1-3H3/b10-7-,19-16-,23-20-,26-24-,30-29-,33-32-,36-35-,39-38-,41-27-. The largest absolute Gasteiger partial charge is 0.462 e. The summed E-state index contributed by atoms with van der Waals surface area (Å²) in [6.07, 6.45) is 82.3. The summed E-state index contributed by atoms with van der Waals surface area (Å²) in [4.78, 5) is 38.1. The number of ether oxygens (including phenoxy) is 3. The molecule has 0 aliphatic heterocycles. The second-order valence-electron chi connectivity index (χ2n) is 19.9. The molecule has 0 spiro atoms. The second kappa shape index (κ2) is 60.6. The Hall–Kier alpha value is -3.93. The number of esters is 3. The van der Waals surface area contributed by atoms with E-state index in [0.717, 1.165) is 135 Å². The topological polar surface area (TPSA) is 78.9 Å². The van der Waals surface area contributed by atoms with Crippen molar-refractivity contribution >= 4 is 17.9 Å². The van der Waals surface area contributed by atoms with Gasteiger partial charge in [0.05, 0.1) is 0 Å². The molecule has 0 fully saturated rings. The molecule has 0 rings (SSSR count). The van der Waals surface area contributed by atoms with Crippen LogP contribution in [0, 0.1) is 0 Å². The Balaban J connectivity index is 4.29. The molecule has 0 radical (unpaired) electrons. The number of rotatable bonds is 54. The van der Waals surface area contributed by atoms with Crippen molar-refractivity contribution in [1.82, 2.24) is 0 Å². The molecule has 73 heavy (non-hydrogen) atoms. The molecule has 0 amide bonds. The van der Waals surface area contributed by atoms with Gasteiger partial charge in [0, 0.05) is 19.3 Å². The highest BCUT2D eigenvalue weighted by Crippen LogP contribution is 2.15. The van der Waals surface area contributed by atoms with E-state index in [-0.39, 0.29) is 31.1 Å². The molecule has 0 aliphatic rings. The lowest BCUT2D eigenvalue weighted by Crippen LogP contribution is -2.30. The number of unbranched alkanes of at least 4 members (excludes halogenated alkanes) is 25. The van der Waals surface area contributed by atoms with Crippen LogP contribution >= 0.6 is 0 Å². The van der Waals surface area contributed by atoms with Crippen LogP contribution in [0.5, 0.6) is 0 Å². The molecule has 6 nitrogen and oxygen atoms in total. The van der Waals surface area contributed by atoms with Gasteiger partial charge in [-0.2, -0.15) is 0 Å². The van der Waals surface area contributed by atoms with Crippen LogP contribution < -0.4 is 0 Å². The predicted molar refractivity (Wildman–Crippen MR) is 316 cm³/mol. The first kappa shape index (κ1) is 69.1. The van der Waals surface area contributed by atoms with Gasteiger partial charge in [-0.3, -0.25) is 14.4 Å². The van der Waals surface area contributed by atoms with Crippen molar-refractivity contribution in [3.63, 3.8) is 0 Å². The van der Waals surface area contributed by atoms with Crippen LogP contribution in [0.4, 0.5) is 0 Å². The average Bonchev–Trinajstić information content (AvgIpc) is 3.39. The number of allylic oxidation sites excluding steroid dienone is 18. The van der Waals surface area contributed by atoms with Gasteiger partial charge < -0.3 is 14.2 Å². The smallest absolute Gasteiger partial charge is 0.306 e. The number of carbonyl (C=O) groups excluding carboxylic acids is 3. The summed E-state index contributed by atoms with van der Waals surface area (Å²) < 4.78 is 16.8. The predicted octanol–water partition coefficient (Wildman–Crippen LogP) is 20.7. The molecule has 1 atom stereocenters. The quantitative estimate of drug-likeness (QED) is 0.0261. The van der Waals surface area contributed by atoms with E-state index in [1.807, 2.05) is 0 Å². The average molecular weight is 1010 g/mol. The summed E-state index contributed by atoms with van der Waals surface area (Å²) in [6.45, 7) is 6.48. The Morgan fingerprint density at radius 2 is 0.534 bits per heavy atom. The van der Waals surface area contributed by atoms with Gasteiger partial charge in [-0.25, -0.2) is 0 Å². The zero-order valence-electron chi connectivity index (χ0n) is 47.6. The maximum Gasteiger partial charge on any atom is 0.306 e. The van der Waals surface area contributed by atoms with Crippen LogP contribution in [-0.4, -0.2) is 37.2 Å². The molecule has 0 bridgehead atoms. The molecule has 0 heterocycles. The van der Waals surface area contributed by atoms with Crippen molar-refractivity contribution in [2.45, 2.75) is 284 Å². The summed E-state index contributed by atoms with van der Waals surface area (Å²) in [5.41, 5.74) is 0. The number of carbonyl (C=O) groups is 3. The van der Waals surface area contributed by atoms with Crippen LogP contribution in [0.15, 0.2) is 109 Å². The molecule has 0 saturated carbocycles. The Bertz CT molecular complexity index is 1490. The zero-order valence-corrected chi connectivity index (χ0v) is 47.6. The van der Waals surface area contributed by atoms with Crippen molar-refractivity contribution < 1.29 is 28.6 Å². The Labute approximate surface area is 450 Å². The summed E-state index contributed by atoms with van der Waals surface area (Å²) in [5, 5.41) is 0. The minimum absolute atomic E-state index is 0.0862. The molecule has 0 aliphatic carbocycles.